The van der Waals surface area contributed by atoms with E-state index in [4.69, 9.17) is 0 Å². The van der Waals surface area contributed by atoms with Crippen molar-refractivity contribution in [2.24, 2.45) is 46.3 Å². The van der Waals surface area contributed by atoms with Crippen LogP contribution in [0.25, 0.3) is 0 Å². The van der Waals surface area contributed by atoms with Gasteiger partial charge in [-0.3, -0.25) is 4.79 Å². The molecule has 0 unspecified atom stereocenters. The van der Waals surface area contributed by atoms with Crippen molar-refractivity contribution >= 4 is 5.91 Å². The standard InChI is InChI=1S/C32H53NO3/c1-21(6-11-29(35)33-18-14-22(15-19-33)30(2,3)36)26-9-10-27-25-8-7-23-20-24(34)12-16-31(23,4)28(25)13-17-32(26,27)5/h7,21-22,24-28,34,36H,6,8-20H2,1-5H3/t21-,24+,25+,26-,27+,28+,31+,32-/m1/s1. The molecule has 36 heavy (non-hydrogen) atoms. The third-order valence-corrected chi connectivity index (χ3v) is 12.5. The summed E-state index contributed by atoms with van der Waals surface area (Å²) in [5.41, 5.74) is 1.67. The van der Waals surface area contributed by atoms with Gasteiger partial charge < -0.3 is 15.1 Å². The van der Waals surface area contributed by atoms with Gasteiger partial charge in [-0.25, -0.2) is 0 Å². The third-order valence-electron chi connectivity index (χ3n) is 12.5. The molecule has 5 aliphatic rings. The lowest BCUT2D eigenvalue weighted by molar-refractivity contribution is -0.134. The van der Waals surface area contributed by atoms with Crippen LogP contribution in [0.2, 0.25) is 0 Å². The quantitative estimate of drug-likeness (QED) is 0.433. The van der Waals surface area contributed by atoms with E-state index in [0.29, 0.717) is 35.0 Å². The molecule has 4 nitrogen and oxygen atoms in total. The lowest BCUT2D eigenvalue weighted by atomic mass is 9.47. The van der Waals surface area contributed by atoms with E-state index >= 15 is 0 Å². The van der Waals surface area contributed by atoms with E-state index in [1.165, 1.54) is 38.5 Å². The molecule has 2 N–H and O–H groups in total. The molecule has 1 amide bonds. The summed E-state index contributed by atoms with van der Waals surface area (Å²) in [6, 6.07) is 0. The summed E-state index contributed by atoms with van der Waals surface area (Å²) in [7, 11) is 0. The van der Waals surface area contributed by atoms with Crippen molar-refractivity contribution in [2.75, 3.05) is 13.1 Å². The first-order valence-electron chi connectivity index (χ1n) is 15.3. The Kier molecular flexibility index (Phi) is 7.20. The summed E-state index contributed by atoms with van der Waals surface area (Å²) in [5.74, 6) is 4.40. The number of hydrogen-bond acceptors (Lipinski definition) is 3. The molecule has 4 aliphatic carbocycles. The number of rotatable bonds is 5. The molecule has 0 aromatic heterocycles. The van der Waals surface area contributed by atoms with Crippen molar-refractivity contribution in [3.8, 4) is 0 Å². The first-order valence-corrected chi connectivity index (χ1v) is 15.3. The average Bonchev–Trinajstić information content (AvgIpc) is 3.19. The van der Waals surface area contributed by atoms with Gasteiger partial charge >= 0.3 is 0 Å². The normalized spacial score (nSPS) is 42.2. The monoisotopic (exact) mass is 499 g/mol. The fourth-order valence-corrected chi connectivity index (χ4v) is 10.2. The van der Waals surface area contributed by atoms with Gasteiger partial charge in [-0.05, 0) is 131 Å². The number of aliphatic hydroxyl groups excluding tert-OH is 1. The zero-order valence-corrected chi connectivity index (χ0v) is 23.8. The minimum atomic E-state index is -0.636. The topological polar surface area (TPSA) is 60.8 Å². The number of piperidine rings is 1. The molecule has 3 saturated carbocycles. The van der Waals surface area contributed by atoms with Crippen molar-refractivity contribution in [3.05, 3.63) is 11.6 Å². The predicted molar refractivity (Wildman–Crippen MR) is 145 cm³/mol. The molecule has 0 spiro atoms. The van der Waals surface area contributed by atoms with Crippen LogP contribution in [0.4, 0.5) is 0 Å². The van der Waals surface area contributed by atoms with Crippen molar-refractivity contribution < 1.29 is 15.0 Å². The molecule has 0 bridgehead atoms. The van der Waals surface area contributed by atoms with Gasteiger partial charge in [0.05, 0.1) is 11.7 Å². The zero-order chi connectivity index (χ0) is 25.9. The van der Waals surface area contributed by atoms with Crippen LogP contribution in [0.1, 0.15) is 112 Å². The minimum Gasteiger partial charge on any atom is -0.393 e. The highest BCUT2D eigenvalue weighted by Crippen LogP contribution is 2.67. The Morgan fingerprint density at radius 2 is 1.81 bits per heavy atom. The number of carbonyl (C=O) groups excluding carboxylic acids is 1. The van der Waals surface area contributed by atoms with E-state index in [1.807, 2.05) is 13.8 Å². The van der Waals surface area contributed by atoms with Crippen LogP contribution in [0.3, 0.4) is 0 Å². The molecule has 0 radical (unpaired) electrons. The number of hydrogen-bond donors (Lipinski definition) is 2. The van der Waals surface area contributed by atoms with E-state index in [2.05, 4.69) is 31.7 Å². The van der Waals surface area contributed by atoms with Crippen LogP contribution >= 0.6 is 0 Å². The maximum atomic E-state index is 13.1. The molecule has 1 saturated heterocycles. The molecule has 5 rings (SSSR count). The smallest absolute Gasteiger partial charge is 0.222 e. The Hall–Kier alpha value is -0.870. The second-order valence-electron chi connectivity index (χ2n) is 14.7. The lowest BCUT2D eigenvalue weighted by Crippen LogP contribution is -2.50. The van der Waals surface area contributed by atoms with Crippen LogP contribution in [-0.2, 0) is 4.79 Å². The number of nitrogens with zero attached hydrogens (tertiary/aromatic N) is 1. The summed E-state index contributed by atoms with van der Waals surface area (Å²) in [6.45, 7) is 13.0. The maximum absolute atomic E-state index is 13.1. The van der Waals surface area contributed by atoms with Gasteiger partial charge in [0.15, 0.2) is 0 Å². The van der Waals surface area contributed by atoms with Crippen LogP contribution in [0, 0.1) is 46.3 Å². The SMILES string of the molecule is C[C@H](CCC(=O)N1CCC(C(C)(C)O)CC1)[C@H]1CC[C@H]2[C@@H]3CC=C4C[C@@H](O)CC[C@]4(C)[C@H]3CC[C@]12C. The molecule has 4 fully saturated rings. The van der Waals surface area contributed by atoms with Crippen LogP contribution in [0.15, 0.2) is 11.6 Å². The summed E-state index contributed by atoms with van der Waals surface area (Å²) in [4.78, 5) is 15.1. The van der Waals surface area contributed by atoms with Crippen LogP contribution < -0.4 is 0 Å². The second kappa shape index (κ2) is 9.70. The molecular formula is C32H53NO3. The number of amides is 1. The predicted octanol–water partition coefficient (Wildman–Crippen LogP) is 6.35. The molecular weight excluding hydrogens is 446 g/mol. The summed E-state index contributed by atoms with van der Waals surface area (Å²) >= 11 is 0. The molecule has 4 heteroatoms. The van der Waals surface area contributed by atoms with Gasteiger partial charge in [0.25, 0.3) is 0 Å². The number of fused-ring (bicyclic) bond motifs is 5. The summed E-state index contributed by atoms with van der Waals surface area (Å²) < 4.78 is 0. The van der Waals surface area contributed by atoms with Gasteiger partial charge in [-0.15, -0.1) is 0 Å². The number of carbonyl (C=O) groups is 1. The van der Waals surface area contributed by atoms with Crippen molar-refractivity contribution in [1.82, 2.24) is 4.90 Å². The first kappa shape index (κ1) is 26.7. The highest BCUT2D eigenvalue weighted by molar-refractivity contribution is 5.76. The maximum Gasteiger partial charge on any atom is 0.222 e. The lowest BCUT2D eigenvalue weighted by Gasteiger charge is -2.58. The van der Waals surface area contributed by atoms with Gasteiger partial charge in [0.2, 0.25) is 5.91 Å². The van der Waals surface area contributed by atoms with Crippen LogP contribution in [-0.4, -0.2) is 45.8 Å². The van der Waals surface area contributed by atoms with Gasteiger partial charge in [-0.1, -0.05) is 32.4 Å². The molecule has 0 aromatic carbocycles. The summed E-state index contributed by atoms with van der Waals surface area (Å²) in [5, 5.41) is 20.6. The molecule has 1 aliphatic heterocycles. The highest BCUT2D eigenvalue weighted by atomic mass is 16.3. The zero-order valence-electron chi connectivity index (χ0n) is 23.8. The molecule has 204 valence electrons. The minimum absolute atomic E-state index is 0.123. The number of likely N-dealkylation sites (tertiary alicyclic amines) is 1. The average molecular weight is 500 g/mol. The molecule has 0 aromatic rings. The third kappa shape index (κ3) is 4.61. The Morgan fingerprint density at radius 1 is 1.08 bits per heavy atom. The Balaban J connectivity index is 1.18. The Labute approximate surface area is 220 Å². The van der Waals surface area contributed by atoms with E-state index < -0.39 is 5.60 Å². The van der Waals surface area contributed by atoms with E-state index in [9.17, 15) is 15.0 Å². The van der Waals surface area contributed by atoms with Gasteiger partial charge in [0, 0.05) is 19.5 Å². The van der Waals surface area contributed by atoms with Crippen molar-refractivity contribution in [3.63, 3.8) is 0 Å². The number of allylic oxidation sites excluding steroid dienone is 1. The summed E-state index contributed by atoms with van der Waals surface area (Å²) in [6.07, 6.45) is 15.6. The highest BCUT2D eigenvalue weighted by Gasteiger charge is 2.59. The molecule has 1 heterocycles. The second-order valence-corrected chi connectivity index (χ2v) is 14.7. The van der Waals surface area contributed by atoms with E-state index in [-0.39, 0.29) is 6.10 Å². The van der Waals surface area contributed by atoms with Crippen LogP contribution in [0.5, 0.6) is 0 Å². The van der Waals surface area contributed by atoms with Crippen molar-refractivity contribution in [1.29, 1.82) is 0 Å². The number of aliphatic hydroxyl groups is 2. The first-order chi connectivity index (χ1) is 16.9. The Morgan fingerprint density at radius 3 is 2.50 bits per heavy atom. The molecule has 8 atom stereocenters. The van der Waals surface area contributed by atoms with Gasteiger partial charge in [0.1, 0.15) is 0 Å². The van der Waals surface area contributed by atoms with Crippen molar-refractivity contribution in [2.45, 2.75) is 123 Å². The Bertz CT molecular complexity index is 852. The largest absolute Gasteiger partial charge is 0.393 e. The fraction of sp³-hybridized carbons (Fsp3) is 0.906. The van der Waals surface area contributed by atoms with E-state index in [1.54, 1.807) is 5.57 Å². The van der Waals surface area contributed by atoms with E-state index in [0.717, 1.165) is 68.9 Å². The van der Waals surface area contributed by atoms with Gasteiger partial charge in [-0.2, -0.15) is 0 Å². The fourth-order valence-electron chi connectivity index (χ4n) is 10.2.